The molecular formula is C12H24N2O4S. The van der Waals surface area contributed by atoms with Gasteiger partial charge in [-0.05, 0) is 12.3 Å². The molecule has 1 unspecified atom stereocenters. The zero-order valence-electron chi connectivity index (χ0n) is 11.8. The van der Waals surface area contributed by atoms with Crippen LogP contribution in [0.2, 0.25) is 0 Å². The highest BCUT2D eigenvalue weighted by Gasteiger charge is 2.36. The van der Waals surface area contributed by atoms with Gasteiger partial charge >= 0.3 is 0 Å². The van der Waals surface area contributed by atoms with Crippen LogP contribution in [0.25, 0.3) is 0 Å². The van der Waals surface area contributed by atoms with Gasteiger partial charge in [-0.1, -0.05) is 13.8 Å². The number of methoxy groups -OCH3 is 1. The number of nitrogens with zero attached hydrogens (tertiary/aromatic N) is 1. The Morgan fingerprint density at radius 3 is 2.53 bits per heavy atom. The average Bonchev–Trinajstić information content (AvgIpc) is 2.68. The van der Waals surface area contributed by atoms with Gasteiger partial charge in [0.2, 0.25) is 5.91 Å². The topological polar surface area (TPSA) is 89.7 Å². The third-order valence-electron chi connectivity index (χ3n) is 3.47. The Balaban J connectivity index is 2.80. The van der Waals surface area contributed by atoms with Crippen LogP contribution in [-0.2, 0) is 19.4 Å². The van der Waals surface area contributed by atoms with Gasteiger partial charge in [-0.2, -0.15) is 0 Å². The summed E-state index contributed by atoms with van der Waals surface area (Å²) in [7, 11) is -1.47. The number of amides is 1. The lowest BCUT2D eigenvalue weighted by atomic mass is 10.0. The van der Waals surface area contributed by atoms with E-state index in [1.165, 1.54) is 0 Å². The maximum Gasteiger partial charge on any atom is 0.240 e. The standard InChI is InChI=1S/C12H24N2O4S/c1-9(2)11(13)12(15)14(5-6-18-3)10-4-7-19(16,17)8-10/h9-11H,4-8,13H2,1-3H3/t10?,11-/m1/s1. The number of hydrogen-bond acceptors (Lipinski definition) is 5. The molecule has 0 bridgehead atoms. The summed E-state index contributed by atoms with van der Waals surface area (Å²) in [5, 5.41) is 0. The van der Waals surface area contributed by atoms with Gasteiger partial charge in [0.05, 0.1) is 24.2 Å². The minimum absolute atomic E-state index is 0.0237. The van der Waals surface area contributed by atoms with E-state index in [0.29, 0.717) is 19.6 Å². The molecule has 1 saturated heterocycles. The van der Waals surface area contributed by atoms with Crippen LogP contribution in [0.3, 0.4) is 0 Å². The first-order valence-electron chi connectivity index (χ1n) is 6.54. The summed E-state index contributed by atoms with van der Waals surface area (Å²) in [4.78, 5) is 13.9. The van der Waals surface area contributed by atoms with E-state index in [0.717, 1.165) is 0 Å². The highest BCUT2D eigenvalue weighted by molar-refractivity contribution is 7.91. The number of sulfone groups is 1. The summed E-state index contributed by atoms with van der Waals surface area (Å²) in [5.74, 6) is 0.0169. The molecule has 0 saturated carbocycles. The molecule has 0 spiro atoms. The minimum atomic E-state index is -3.02. The number of hydrogen-bond donors (Lipinski definition) is 1. The van der Waals surface area contributed by atoms with Crippen LogP contribution in [0.1, 0.15) is 20.3 Å². The summed E-state index contributed by atoms with van der Waals surface area (Å²) in [6.07, 6.45) is 0.489. The van der Waals surface area contributed by atoms with Crippen LogP contribution in [0.5, 0.6) is 0 Å². The fraction of sp³-hybridized carbons (Fsp3) is 0.917. The van der Waals surface area contributed by atoms with Crippen LogP contribution in [-0.4, -0.2) is 63.1 Å². The molecule has 19 heavy (non-hydrogen) atoms. The van der Waals surface area contributed by atoms with Gasteiger partial charge in [-0.25, -0.2) is 8.42 Å². The van der Waals surface area contributed by atoms with Crippen molar-refractivity contribution in [3.05, 3.63) is 0 Å². The second-order valence-corrected chi connectivity index (χ2v) is 7.58. The molecule has 2 N–H and O–H groups in total. The Morgan fingerprint density at radius 2 is 2.11 bits per heavy atom. The molecule has 0 aromatic carbocycles. The minimum Gasteiger partial charge on any atom is -0.383 e. The van der Waals surface area contributed by atoms with E-state index >= 15 is 0 Å². The third kappa shape index (κ3) is 4.43. The van der Waals surface area contributed by atoms with Crippen molar-refractivity contribution in [1.82, 2.24) is 4.90 Å². The van der Waals surface area contributed by atoms with Gasteiger partial charge < -0.3 is 15.4 Å². The SMILES string of the molecule is COCCN(C(=O)[C@H](N)C(C)C)C1CCS(=O)(=O)C1. The Bertz CT molecular complexity index is 408. The molecule has 7 heteroatoms. The Labute approximate surface area is 115 Å². The van der Waals surface area contributed by atoms with Crippen molar-refractivity contribution < 1.29 is 17.9 Å². The monoisotopic (exact) mass is 292 g/mol. The quantitative estimate of drug-likeness (QED) is 0.721. The molecule has 1 rings (SSSR count). The summed E-state index contributed by atoms with van der Waals surface area (Å²) < 4.78 is 28.1. The summed E-state index contributed by atoms with van der Waals surface area (Å²) >= 11 is 0. The van der Waals surface area contributed by atoms with Gasteiger partial charge in [-0.15, -0.1) is 0 Å². The Morgan fingerprint density at radius 1 is 1.47 bits per heavy atom. The zero-order valence-corrected chi connectivity index (χ0v) is 12.6. The summed E-state index contributed by atoms with van der Waals surface area (Å²) in [6.45, 7) is 4.52. The highest BCUT2D eigenvalue weighted by atomic mass is 32.2. The smallest absolute Gasteiger partial charge is 0.240 e. The molecule has 0 radical (unpaired) electrons. The van der Waals surface area contributed by atoms with E-state index in [9.17, 15) is 13.2 Å². The molecule has 1 aliphatic heterocycles. The van der Waals surface area contributed by atoms with E-state index in [2.05, 4.69) is 0 Å². The van der Waals surface area contributed by atoms with E-state index in [1.807, 2.05) is 13.8 Å². The van der Waals surface area contributed by atoms with Crippen LogP contribution in [0, 0.1) is 5.92 Å². The molecule has 0 aromatic rings. The summed E-state index contributed by atoms with van der Waals surface area (Å²) in [6, 6.07) is -0.863. The molecule has 0 aromatic heterocycles. The first-order chi connectivity index (χ1) is 8.78. The fourth-order valence-corrected chi connectivity index (χ4v) is 3.89. The van der Waals surface area contributed by atoms with E-state index < -0.39 is 15.9 Å². The number of carbonyl (C=O) groups excluding carboxylic acids is 1. The average molecular weight is 292 g/mol. The molecule has 1 aliphatic rings. The maximum absolute atomic E-state index is 12.3. The maximum atomic E-state index is 12.3. The van der Waals surface area contributed by atoms with E-state index in [1.54, 1.807) is 12.0 Å². The van der Waals surface area contributed by atoms with E-state index in [-0.39, 0.29) is 29.4 Å². The molecule has 1 heterocycles. The van der Waals surface area contributed by atoms with Gasteiger partial charge in [0.25, 0.3) is 0 Å². The first-order valence-corrected chi connectivity index (χ1v) is 8.36. The van der Waals surface area contributed by atoms with Gasteiger partial charge in [0.1, 0.15) is 0 Å². The largest absolute Gasteiger partial charge is 0.383 e. The van der Waals surface area contributed by atoms with Crippen molar-refractivity contribution in [2.24, 2.45) is 11.7 Å². The number of ether oxygens (including phenoxy) is 1. The molecule has 6 nitrogen and oxygen atoms in total. The number of nitrogens with two attached hydrogens (primary N) is 1. The Hall–Kier alpha value is -0.660. The summed E-state index contributed by atoms with van der Waals surface area (Å²) in [5.41, 5.74) is 5.89. The lowest BCUT2D eigenvalue weighted by Gasteiger charge is -2.31. The molecular weight excluding hydrogens is 268 g/mol. The second kappa shape index (κ2) is 6.67. The molecule has 1 fully saturated rings. The van der Waals surface area contributed by atoms with Gasteiger partial charge in [0.15, 0.2) is 9.84 Å². The normalized spacial score (nSPS) is 23.5. The third-order valence-corrected chi connectivity index (χ3v) is 5.22. The number of rotatable bonds is 6. The van der Waals surface area contributed by atoms with Crippen molar-refractivity contribution in [1.29, 1.82) is 0 Å². The highest BCUT2D eigenvalue weighted by Crippen LogP contribution is 2.19. The molecule has 1 amide bonds. The predicted octanol–water partition coefficient (Wildman–Crippen LogP) is -0.368. The van der Waals surface area contributed by atoms with Crippen LogP contribution in [0.15, 0.2) is 0 Å². The second-order valence-electron chi connectivity index (χ2n) is 5.35. The van der Waals surface area contributed by atoms with Crippen molar-refractivity contribution in [2.75, 3.05) is 31.8 Å². The first kappa shape index (κ1) is 16.4. The van der Waals surface area contributed by atoms with Crippen LogP contribution in [0.4, 0.5) is 0 Å². The number of carbonyl (C=O) groups is 1. The van der Waals surface area contributed by atoms with E-state index in [4.69, 9.17) is 10.5 Å². The van der Waals surface area contributed by atoms with Gasteiger partial charge in [-0.3, -0.25) is 4.79 Å². The lowest BCUT2D eigenvalue weighted by molar-refractivity contribution is -0.136. The predicted molar refractivity (Wildman–Crippen MR) is 73.5 cm³/mol. The van der Waals surface area contributed by atoms with Crippen LogP contribution < -0.4 is 5.73 Å². The molecule has 0 aliphatic carbocycles. The molecule has 2 atom stereocenters. The van der Waals surface area contributed by atoms with Crippen molar-refractivity contribution in [3.8, 4) is 0 Å². The van der Waals surface area contributed by atoms with Crippen molar-refractivity contribution >= 4 is 15.7 Å². The zero-order chi connectivity index (χ0) is 14.6. The van der Waals surface area contributed by atoms with Crippen molar-refractivity contribution in [3.63, 3.8) is 0 Å². The Kier molecular flexibility index (Phi) is 5.76. The van der Waals surface area contributed by atoms with Crippen LogP contribution >= 0.6 is 0 Å². The molecule has 112 valence electrons. The fourth-order valence-electron chi connectivity index (χ4n) is 2.16. The van der Waals surface area contributed by atoms with Gasteiger partial charge in [0, 0.05) is 19.7 Å². The lowest BCUT2D eigenvalue weighted by Crippen LogP contribution is -2.52. The van der Waals surface area contributed by atoms with Crippen molar-refractivity contribution in [2.45, 2.75) is 32.4 Å².